The summed E-state index contributed by atoms with van der Waals surface area (Å²) in [6, 6.07) is 5.67. The molecular formula is C13H16ClN3O2. The van der Waals surface area contributed by atoms with Crippen molar-refractivity contribution >= 4 is 11.6 Å². The number of benzene rings is 1. The summed E-state index contributed by atoms with van der Waals surface area (Å²) in [7, 11) is 1.83. The highest BCUT2D eigenvalue weighted by atomic mass is 35.5. The van der Waals surface area contributed by atoms with Crippen LogP contribution in [0.1, 0.15) is 18.3 Å². The third-order valence-electron chi connectivity index (χ3n) is 2.62. The Kier molecular flexibility index (Phi) is 4.63. The van der Waals surface area contributed by atoms with Gasteiger partial charge >= 0.3 is 0 Å². The molecular weight excluding hydrogens is 266 g/mol. The molecule has 0 bridgehead atoms. The largest absolute Gasteiger partial charge is 0.490 e. The normalized spacial score (nSPS) is 10.5. The van der Waals surface area contributed by atoms with E-state index in [9.17, 15) is 0 Å². The average Bonchev–Trinajstić information content (AvgIpc) is 2.83. The van der Waals surface area contributed by atoms with Gasteiger partial charge in [-0.1, -0.05) is 6.07 Å². The summed E-state index contributed by atoms with van der Waals surface area (Å²) >= 11 is 5.81. The summed E-state index contributed by atoms with van der Waals surface area (Å²) < 4.78 is 13.0. The van der Waals surface area contributed by atoms with Gasteiger partial charge < -0.3 is 9.47 Å². The van der Waals surface area contributed by atoms with Crippen LogP contribution in [0.15, 0.2) is 24.5 Å². The van der Waals surface area contributed by atoms with E-state index >= 15 is 0 Å². The number of hydrogen-bond donors (Lipinski definition) is 0. The molecule has 0 aliphatic carbocycles. The fourth-order valence-corrected chi connectivity index (χ4v) is 1.78. The quantitative estimate of drug-likeness (QED) is 0.764. The van der Waals surface area contributed by atoms with Gasteiger partial charge in [-0.15, -0.1) is 11.6 Å². The van der Waals surface area contributed by atoms with Crippen LogP contribution in [-0.4, -0.2) is 21.4 Å². The number of rotatable bonds is 6. The lowest BCUT2D eigenvalue weighted by Gasteiger charge is -2.12. The SMILES string of the molecule is CCOc1cc(CCl)ccc1OCc1ncnn1C. The van der Waals surface area contributed by atoms with E-state index in [1.807, 2.05) is 32.2 Å². The fraction of sp³-hybridized carbons (Fsp3) is 0.385. The summed E-state index contributed by atoms with van der Waals surface area (Å²) in [5, 5.41) is 3.99. The predicted molar refractivity (Wildman–Crippen MR) is 72.5 cm³/mol. The first kappa shape index (κ1) is 13.7. The van der Waals surface area contributed by atoms with E-state index in [2.05, 4.69) is 10.1 Å². The maximum absolute atomic E-state index is 5.81. The van der Waals surface area contributed by atoms with Gasteiger partial charge in [0.05, 0.1) is 6.61 Å². The van der Waals surface area contributed by atoms with Crippen molar-refractivity contribution < 1.29 is 9.47 Å². The first-order valence-electron chi connectivity index (χ1n) is 6.02. The van der Waals surface area contributed by atoms with Gasteiger partial charge in [-0.3, -0.25) is 4.68 Å². The molecule has 0 saturated carbocycles. The van der Waals surface area contributed by atoms with E-state index in [0.29, 0.717) is 30.6 Å². The lowest BCUT2D eigenvalue weighted by atomic mass is 10.2. The van der Waals surface area contributed by atoms with E-state index in [0.717, 1.165) is 11.4 Å². The van der Waals surface area contributed by atoms with Gasteiger partial charge in [0, 0.05) is 12.9 Å². The first-order chi connectivity index (χ1) is 9.24. The average molecular weight is 282 g/mol. The van der Waals surface area contributed by atoms with E-state index in [1.54, 1.807) is 4.68 Å². The van der Waals surface area contributed by atoms with Crippen molar-refractivity contribution in [2.24, 2.45) is 7.05 Å². The van der Waals surface area contributed by atoms with Crippen molar-refractivity contribution in [3.63, 3.8) is 0 Å². The maximum Gasteiger partial charge on any atom is 0.164 e. The maximum atomic E-state index is 5.81. The Morgan fingerprint density at radius 2 is 2.11 bits per heavy atom. The van der Waals surface area contributed by atoms with Gasteiger partial charge in [-0.25, -0.2) is 4.98 Å². The molecule has 2 rings (SSSR count). The minimum Gasteiger partial charge on any atom is -0.490 e. The number of aromatic nitrogens is 3. The van der Waals surface area contributed by atoms with Crippen LogP contribution in [0.4, 0.5) is 0 Å². The number of nitrogens with zero attached hydrogens (tertiary/aromatic N) is 3. The van der Waals surface area contributed by atoms with Gasteiger partial charge in [0.25, 0.3) is 0 Å². The molecule has 6 heteroatoms. The molecule has 0 radical (unpaired) electrons. The van der Waals surface area contributed by atoms with Crippen molar-refractivity contribution in [3.8, 4) is 11.5 Å². The third kappa shape index (κ3) is 3.38. The van der Waals surface area contributed by atoms with E-state index in [4.69, 9.17) is 21.1 Å². The zero-order chi connectivity index (χ0) is 13.7. The summed E-state index contributed by atoms with van der Waals surface area (Å²) in [6.07, 6.45) is 1.50. The Balaban J connectivity index is 2.12. The summed E-state index contributed by atoms with van der Waals surface area (Å²) in [5.41, 5.74) is 0.996. The lowest BCUT2D eigenvalue weighted by Crippen LogP contribution is -2.05. The predicted octanol–water partition coefficient (Wildman–Crippen LogP) is 2.53. The van der Waals surface area contributed by atoms with E-state index < -0.39 is 0 Å². The molecule has 0 aliphatic heterocycles. The highest BCUT2D eigenvalue weighted by Crippen LogP contribution is 2.29. The molecule has 1 heterocycles. The van der Waals surface area contributed by atoms with Crippen LogP contribution in [0, 0.1) is 0 Å². The van der Waals surface area contributed by atoms with E-state index in [-0.39, 0.29) is 0 Å². The smallest absolute Gasteiger partial charge is 0.164 e. The van der Waals surface area contributed by atoms with Gasteiger partial charge in [0.2, 0.25) is 0 Å². The topological polar surface area (TPSA) is 49.2 Å². The number of alkyl halides is 1. The summed E-state index contributed by atoms with van der Waals surface area (Å²) in [6.45, 7) is 2.85. The number of ether oxygens (including phenoxy) is 2. The fourth-order valence-electron chi connectivity index (χ4n) is 1.62. The van der Waals surface area contributed by atoms with Gasteiger partial charge in [0.1, 0.15) is 12.9 Å². The van der Waals surface area contributed by atoms with Gasteiger partial charge in [-0.2, -0.15) is 5.10 Å². The molecule has 0 unspecified atom stereocenters. The Morgan fingerprint density at radius 3 is 2.74 bits per heavy atom. The molecule has 0 atom stereocenters. The van der Waals surface area contributed by atoms with Crippen molar-refractivity contribution in [1.29, 1.82) is 0 Å². The Bertz CT molecular complexity index is 542. The van der Waals surface area contributed by atoms with Crippen LogP contribution >= 0.6 is 11.6 Å². The molecule has 102 valence electrons. The van der Waals surface area contributed by atoms with Crippen molar-refractivity contribution in [2.45, 2.75) is 19.4 Å². The Labute approximate surface area is 117 Å². The molecule has 0 aliphatic rings. The number of halogens is 1. The molecule has 0 saturated heterocycles. The highest BCUT2D eigenvalue weighted by Gasteiger charge is 2.08. The van der Waals surface area contributed by atoms with Gasteiger partial charge in [0.15, 0.2) is 17.3 Å². The second-order valence-corrected chi connectivity index (χ2v) is 4.20. The summed E-state index contributed by atoms with van der Waals surface area (Å²) in [5.74, 6) is 2.58. The zero-order valence-corrected chi connectivity index (χ0v) is 11.7. The van der Waals surface area contributed by atoms with Crippen LogP contribution in [-0.2, 0) is 19.5 Å². The number of hydrogen-bond acceptors (Lipinski definition) is 4. The van der Waals surface area contributed by atoms with Crippen molar-refractivity contribution in [2.75, 3.05) is 6.61 Å². The molecule has 5 nitrogen and oxygen atoms in total. The molecule has 0 N–H and O–H groups in total. The standard InChI is InChI=1S/C13H16ClN3O2/c1-3-18-12-6-10(7-14)4-5-11(12)19-8-13-15-9-16-17(13)2/h4-6,9H,3,7-8H2,1-2H3. The molecule has 1 aromatic heterocycles. The molecule has 0 spiro atoms. The minimum absolute atomic E-state index is 0.344. The Hall–Kier alpha value is -1.75. The zero-order valence-electron chi connectivity index (χ0n) is 11.0. The molecule has 0 amide bonds. The lowest BCUT2D eigenvalue weighted by molar-refractivity contribution is 0.259. The van der Waals surface area contributed by atoms with Crippen LogP contribution in [0.25, 0.3) is 0 Å². The second kappa shape index (κ2) is 6.43. The molecule has 2 aromatic rings. The third-order valence-corrected chi connectivity index (χ3v) is 2.93. The van der Waals surface area contributed by atoms with Crippen LogP contribution in [0.5, 0.6) is 11.5 Å². The number of aryl methyl sites for hydroxylation is 1. The highest BCUT2D eigenvalue weighted by molar-refractivity contribution is 6.17. The monoisotopic (exact) mass is 281 g/mol. The first-order valence-corrected chi connectivity index (χ1v) is 6.55. The van der Waals surface area contributed by atoms with Crippen LogP contribution in [0.3, 0.4) is 0 Å². The molecule has 19 heavy (non-hydrogen) atoms. The summed E-state index contributed by atoms with van der Waals surface area (Å²) in [4.78, 5) is 4.11. The van der Waals surface area contributed by atoms with Crippen LogP contribution < -0.4 is 9.47 Å². The Morgan fingerprint density at radius 1 is 1.26 bits per heavy atom. The van der Waals surface area contributed by atoms with Crippen molar-refractivity contribution in [1.82, 2.24) is 14.8 Å². The molecule has 1 aromatic carbocycles. The van der Waals surface area contributed by atoms with Crippen LogP contribution in [0.2, 0.25) is 0 Å². The van der Waals surface area contributed by atoms with Crippen molar-refractivity contribution in [3.05, 3.63) is 35.9 Å². The molecule has 0 fully saturated rings. The second-order valence-electron chi connectivity index (χ2n) is 3.94. The van der Waals surface area contributed by atoms with E-state index in [1.165, 1.54) is 6.33 Å². The minimum atomic E-state index is 0.344. The van der Waals surface area contributed by atoms with Gasteiger partial charge in [-0.05, 0) is 24.6 Å².